The van der Waals surface area contributed by atoms with Gasteiger partial charge in [0.1, 0.15) is 11.3 Å². The lowest BCUT2D eigenvalue weighted by Crippen LogP contribution is -2.58. The first kappa shape index (κ1) is 22.8. The van der Waals surface area contributed by atoms with Crippen LogP contribution in [0, 0.1) is 6.92 Å². The number of fused-ring (bicyclic) bond motifs is 1. The summed E-state index contributed by atoms with van der Waals surface area (Å²) in [6, 6.07) is 11.1. The highest BCUT2D eigenvalue weighted by molar-refractivity contribution is 5.84. The predicted octanol–water partition coefficient (Wildman–Crippen LogP) is 2.63. The second-order valence-corrected chi connectivity index (χ2v) is 10.4. The summed E-state index contributed by atoms with van der Waals surface area (Å²) in [6.45, 7) is 10.6. The molecule has 1 N–H and O–H groups in total. The fourth-order valence-corrected chi connectivity index (χ4v) is 5.72. The second kappa shape index (κ2) is 9.51. The molecule has 3 fully saturated rings. The van der Waals surface area contributed by atoms with E-state index in [-0.39, 0.29) is 0 Å². The Morgan fingerprint density at radius 2 is 1.84 bits per heavy atom. The quantitative estimate of drug-likeness (QED) is 0.433. The van der Waals surface area contributed by atoms with Crippen LogP contribution in [0.1, 0.15) is 24.2 Å². The number of likely N-dealkylation sites (tertiary alicyclic amines) is 2. The van der Waals surface area contributed by atoms with Gasteiger partial charge in [-0.3, -0.25) is 9.80 Å². The number of aromatic amines is 1. The lowest BCUT2D eigenvalue weighted by Gasteiger charge is -2.43. The van der Waals surface area contributed by atoms with Crippen molar-refractivity contribution in [1.29, 1.82) is 0 Å². The van der Waals surface area contributed by atoms with Gasteiger partial charge < -0.3 is 14.6 Å². The van der Waals surface area contributed by atoms with Gasteiger partial charge in [-0.1, -0.05) is 23.8 Å². The Labute approximate surface area is 216 Å². The van der Waals surface area contributed by atoms with Crippen molar-refractivity contribution >= 4 is 17.0 Å². The highest BCUT2D eigenvalue weighted by Gasteiger charge is 2.33. The average molecular weight is 500 g/mol. The predicted molar refractivity (Wildman–Crippen MR) is 142 cm³/mol. The first-order chi connectivity index (χ1) is 18.2. The molecule has 0 atom stereocenters. The van der Waals surface area contributed by atoms with Crippen molar-refractivity contribution in [2.45, 2.75) is 32.4 Å². The molecule has 0 aliphatic carbocycles. The van der Waals surface area contributed by atoms with E-state index in [9.17, 15) is 0 Å². The van der Waals surface area contributed by atoms with Crippen molar-refractivity contribution in [3.05, 3.63) is 47.9 Å². The topological polar surface area (TPSA) is 91.2 Å². The maximum Gasteiger partial charge on any atom is 0.254 e. The first-order valence-electron chi connectivity index (χ1n) is 13.4. The average Bonchev–Trinajstić information content (AvgIpc) is 3.67. The number of anilines is 1. The zero-order valence-electron chi connectivity index (χ0n) is 21.3. The zero-order valence-corrected chi connectivity index (χ0v) is 21.3. The summed E-state index contributed by atoms with van der Waals surface area (Å²) in [5, 5.41) is 4.81. The van der Waals surface area contributed by atoms with E-state index < -0.39 is 0 Å². The Kier molecular flexibility index (Phi) is 5.87. The second-order valence-electron chi connectivity index (χ2n) is 10.4. The molecule has 0 amide bonds. The number of H-pyrrole nitrogens is 1. The summed E-state index contributed by atoms with van der Waals surface area (Å²) in [7, 11) is 0. The molecule has 0 radical (unpaired) electrons. The minimum atomic E-state index is 0.531. The molecule has 3 saturated heterocycles. The number of aromatic nitrogens is 6. The maximum atomic E-state index is 5.60. The van der Waals surface area contributed by atoms with E-state index in [1.54, 1.807) is 4.68 Å². The van der Waals surface area contributed by atoms with E-state index in [1.165, 1.54) is 31.5 Å². The summed E-state index contributed by atoms with van der Waals surface area (Å²) >= 11 is 0. The van der Waals surface area contributed by atoms with Crippen LogP contribution in [0.3, 0.4) is 0 Å². The van der Waals surface area contributed by atoms with Crippen molar-refractivity contribution < 1.29 is 4.74 Å². The summed E-state index contributed by atoms with van der Waals surface area (Å²) in [6.07, 6.45) is 4.61. The number of nitrogens with one attached hydrogen (secondary N) is 1. The summed E-state index contributed by atoms with van der Waals surface area (Å²) in [4.78, 5) is 25.6. The van der Waals surface area contributed by atoms with Gasteiger partial charge in [0.25, 0.3) is 5.95 Å². The molecule has 3 aliphatic rings. The van der Waals surface area contributed by atoms with Crippen LogP contribution >= 0.6 is 0 Å². The van der Waals surface area contributed by atoms with Gasteiger partial charge in [0.05, 0.1) is 25.5 Å². The molecular formula is C27H33N9O. The number of benzene rings is 1. The molecule has 0 unspecified atom stereocenters. The number of nitrogens with zero attached hydrogens (tertiary/aromatic N) is 8. The van der Waals surface area contributed by atoms with Crippen LogP contribution in [0.5, 0.6) is 0 Å². The molecule has 7 rings (SSSR count). The van der Waals surface area contributed by atoms with Crippen LogP contribution in [-0.2, 0) is 11.3 Å². The van der Waals surface area contributed by atoms with E-state index in [2.05, 4.69) is 50.9 Å². The molecule has 6 heterocycles. The van der Waals surface area contributed by atoms with Gasteiger partial charge in [0.15, 0.2) is 11.5 Å². The number of imidazole rings is 1. The molecule has 0 saturated carbocycles. The van der Waals surface area contributed by atoms with Crippen molar-refractivity contribution in [3.63, 3.8) is 0 Å². The molecule has 3 aromatic heterocycles. The van der Waals surface area contributed by atoms with Gasteiger partial charge in [-0.15, -0.1) is 0 Å². The summed E-state index contributed by atoms with van der Waals surface area (Å²) in [5.74, 6) is 2.34. The minimum absolute atomic E-state index is 0.531. The van der Waals surface area contributed by atoms with Crippen LogP contribution in [0.15, 0.2) is 36.5 Å². The Morgan fingerprint density at radius 1 is 1.00 bits per heavy atom. The molecule has 10 heteroatoms. The third-order valence-electron chi connectivity index (χ3n) is 7.76. The zero-order chi connectivity index (χ0) is 24.8. The monoisotopic (exact) mass is 499 g/mol. The Hall–Kier alpha value is -3.34. The van der Waals surface area contributed by atoms with Crippen molar-refractivity contribution in [1.82, 2.24) is 39.5 Å². The van der Waals surface area contributed by atoms with Crippen molar-refractivity contribution in [2.24, 2.45) is 0 Å². The smallest absolute Gasteiger partial charge is 0.254 e. The molecule has 10 nitrogen and oxygen atoms in total. The normalized spacial score (nSPS) is 19.6. The molecule has 0 spiro atoms. The van der Waals surface area contributed by atoms with Crippen LogP contribution < -0.4 is 4.90 Å². The molecule has 3 aliphatic heterocycles. The van der Waals surface area contributed by atoms with Crippen LogP contribution in [0.25, 0.3) is 28.4 Å². The minimum Gasteiger partial charge on any atom is -0.378 e. The highest BCUT2D eigenvalue weighted by atomic mass is 16.5. The Morgan fingerprint density at radius 3 is 2.65 bits per heavy atom. The van der Waals surface area contributed by atoms with Gasteiger partial charge >= 0.3 is 0 Å². The van der Waals surface area contributed by atoms with Gasteiger partial charge in [-0.05, 0) is 45.0 Å². The standard InChI is InChI=1S/C27H33N9O/c1-19-5-4-6-20(15-19)22-7-10-36(32-22)27-30-25-24(26(31-27)35-11-13-37-14-12-35)28-23(29-25)18-33-16-21(17-33)34-8-2-3-9-34/h4-7,10,15,21H,2-3,8-9,11-14,16-18H2,1H3,(H,28,29,30,31). The number of aryl methyl sites for hydroxylation is 1. The van der Waals surface area contributed by atoms with Crippen LogP contribution in [-0.4, -0.2) is 98.0 Å². The summed E-state index contributed by atoms with van der Waals surface area (Å²) < 4.78 is 7.36. The first-order valence-corrected chi connectivity index (χ1v) is 13.4. The third kappa shape index (κ3) is 4.49. The third-order valence-corrected chi connectivity index (χ3v) is 7.76. The van der Waals surface area contributed by atoms with Gasteiger partial charge in [0, 0.05) is 44.0 Å². The van der Waals surface area contributed by atoms with Crippen molar-refractivity contribution in [2.75, 3.05) is 57.4 Å². The Bertz CT molecular complexity index is 1390. The van der Waals surface area contributed by atoms with Crippen LogP contribution in [0.2, 0.25) is 0 Å². The number of ether oxygens (including phenoxy) is 1. The SMILES string of the molecule is Cc1cccc(-c2ccn(-c3nc(N4CCOCC4)c4[nH]c(CN5CC(N6CCCC6)C5)nc4n3)n2)c1. The van der Waals surface area contributed by atoms with E-state index in [0.29, 0.717) is 30.9 Å². The molecule has 37 heavy (non-hydrogen) atoms. The lowest BCUT2D eigenvalue weighted by atomic mass is 10.1. The fourth-order valence-electron chi connectivity index (χ4n) is 5.72. The number of rotatable bonds is 6. The highest BCUT2D eigenvalue weighted by Crippen LogP contribution is 2.27. The largest absolute Gasteiger partial charge is 0.378 e. The molecule has 0 bridgehead atoms. The van der Waals surface area contributed by atoms with E-state index in [0.717, 1.165) is 61.1 Å². The van der Waals surface area contributed by atoms with Crippen molar-refractivity contribution in [3.8, 4) is 17.2 Å². The van der Waals surface area contributed by atoms with E-state index in [1.807, 2.05) is 12.3 Å². The Balaban J connectivity index is 1.18. The van der Waals surface area contributed by atoms with Gasteiger partial charge in [-0.25, -0.2) is 9.67 Å². The van der Waals surface area contributed by atoms with E-state index in [4.69, 9.17) is 24.8 Å². The number of hydrogen-bond acceptors (Lipinski definition) is 8. The maximum absolute atomic E-state index is 5.60. The van der Waals surface area contributed by atoms with Gasteiger partial charge in [0.2, 0.25) is 0 Å². The number of morpholine rings is 1. The molecule has 4 aromatic rings. The van der Waals surface area contributed by atoms with Gasteiger partial charge in [-0.2, -0.15) is 15.1 Å². The summed E-state index contributed by atoms with van der Waals surface area (Å²) in [5.41, 5.74) is 4.76. The van der Waals surface area contributed by atoms with Crippen LogP contribution in [0.4, 0.5) is 5.82 Å². The van der Waals surface area contributed by atoms with E-state index >= 15 is 0 Å². The fraction of sp³-hybridized carbons (Fsp3) is 0.481. The lowest BCUT2D eigenvalue weighted by molar-refractivity contribution is 0.0407. The molecule has 192 valence electrons. The molecule has 1 aromatic carbocycles. The molecular weight excluding hydrogens is 466 g/mol. The number of hydrogen-bond donors (Lipinski definition) is 1.